The van der Waals surface area contributed by atoms with E-state index in [1.54, 1.807) is 0 Å². The first-order valence-corrected chi connectivity index (χ1v) is 7.93. The molecule has 2 aliphatic heterocycles. The molecule has 2 rings (SSSR count). The van der Waals surface area contributed by atoms with Gasteiger partial charge in [0.05, 0.1) is 6.61 Å². The van der Waals surface area contributed by atoms with Crippen molar-refractivity contribution in [1.82, 2.24) is 0 Å². The number of hydrogen-bond acceptors (Lipinski definition) is 12. The molecule has 2 saturated heterocycles. The molecule has 0 aliphatic carbocycles. The molecule has 0 radical (unpaired) electrons. The van der Waals surface area contributed by atoms with Crippen LogP contribution < -0.4 is 0 Å². The molecule has 0 aromatic rings. The van der Waals surface area contributed by atoms with Gasteiger partial charge in [0.25, 0.3) is 0 Å². The molecule has 152 valence electrons. The lowest BCUT2D eigenvalue weighted by Crippen LogP contribution is -2.62. The Morgan fingerprint density at radius 1 is 1.00 bits per heavy atom. The predicted molar refractivity (Wildman–Crippen MR) is 78.2 cm³/mol. The molecule has 0 aromatic carbocycles. The summed E-state index contributed by atoms with van der Waals surface area (Å²) in [6.07, 6.45) is -12.9. The van der Waals surface area contributed by atoms with Crippen molar-refractivity contribution < 1.29 is 59.5 Å². The topological polar surface area (TPSA) is 196 Å². The van der Waals surface area contributed by atoms with E-state index in [0.29, 0.717) is 0 Å². The van der Waals surface area contributed by atoms with E-state index in [0.717, 1.165) is 6.92 Å². The van der Waals surface area contributed by atoms with E-state index >= 15 is 0 Å². The third-order valence-corrected chi connectivity index (χ3v) is 4.34. The molecule has 2 aliphatic rings. The molecule has 7 N–H and O–H groups in total. The zero-order valence-corrected chi connectivity index (χ0v) is 13.9. The molecule has 2 heterocycles. The van der Waals surface area contributed by atoms with Gasteiger partial charge in [-0.1, -0.05) is 0 Å². The van der Waals surface area contributed by atoms with Gasteiger partial charge < -0.3 is 54.7 Å². The number of aliphatic hydroxyl groups excluding tert-OH is 7. The second-order valence-electron chi connectivity index (χ2n) is 6.18. The molecule has 12 nitrogen and oxygen atoms in total. The Morgan fingerprint density at radius 3 is 2.15 bits per heavy atom. The van der Waals surface area contributed by atoms with E-state index in [4.69, 9.17) is 24.1 Å². The van der Waals surface area contributed by atoms with Gasteiger partial charge in [0.1, 0.15) is 55.9 Å². The van der Waals surface area contributed by atoms with Crippen molar-refractivity contribution in [2.45, 2.75) is 61.7 Å². The number of ether oxygens (including phenoxy) is 4. The summed E-state index contributed by atoms with van der Waals surface area (Å²) in [5, 5.41) is 68.6. The minimum Gasteiger partial charge on any atom is -0.463 e. The molecule has 9 atom stereocenters. The maximum Gasteiger partial charge on any atom is 0.302 e. The monoisotopic (exact) mass is 384 g/mol. The number of carbonyl (C=O) groups is 1. The lowest BCUT2D eigenvalue weighted by atomic mass is 9.99. The molecule has 0 bridgehead atoms. The van der Waals surface area contributed by atoms with Gasteiger partial charge >= 0.3 is 5.97 Å². The average Bonchev–Trinajstić information content (AvgIpc) is 2.86. The second kappa shape index (κ2) is 8.39. The van der Waals surface area contributed by atoms with Gasteiger partial charge in [-0.15, -0.1) is 0 Å². The van der Waals surface area contributed by atoms with Crippen LogP contribution in [0.1, 0.15) is 6.92 Å². The fourth-order valence-electron chi connectivity index (χ4n) is 2.82. The molecular formula is C14H24O12. The second-order valence-corrected chi connectivity index (χ2v) is 6.18. The fraction of sp³-hybridized carbons (Fsp3) is 0.929. The Bertz CT molecular complexity index is 489. The Kier molecular flexibility index (Phi) is 6.90. The normalized spacial score (nSPS) is 46.3. The largest absolute Gasteiger partial charge is 0.463 e. The van der Waals surface area contributed by atoms with E-state index in [9.17, 15) is 35.4 Å². The van der Waals surface area contributed by atoms with Crippen LogP contribution in [-0.2, 0) is 23.7 Å². The number of carbonyl (C=O) groups excluding carboxylic acids is 1. The summed E-state index contributed by atoms with van der Waals surface area (Å²) in [4.78, 5) is 10.9. The van der Waals surface area contributed by atoms with E-state index < -0.39 is 80.6 Å². The van der Waals surface area contributed by atoms with Gasteiger partial charge in [0, 0.05) is 6.92 Å². The summed E-state index contributed by atoms with van der Waals surface area (Å²) in [7, 11) is 0. The lowest BCUT2D eigenvalue weighted by molar-refractivity contribution is -0.383. The summed E-state index contributed by atoms with van der Waals surface area (Å²) in [5.74, 6) is -2.93. The maximum atomic E-state index is 10.9. The van der Waals surface area contributed by atoms with Crippen LogP contribution in [0.5, 0.6) is 0 Å². The number of esters is 1. The molecule has 0 aromatic heterocycles. The van der Waals surface area contributed by atoms with Gasteiger partial charge in [-0.25, -0.2) is 0 Å². The molecular weight excluding hydrogens is 360 g/mol. The molecule has 0 unspecified atom stereocenters. The van der Waals surface area contributed by atoms with E-state index in [1.807, 2.05) is 0 Å². The van der Waals surface area contributed by atoms with Crippen molar-refractivity contribution in [3.05, 3.63) is 0 Å². The van der Waals surface area contributed by atoms with Crippen LogP contribution in [0.3, 0.4) is 0 Å². The van der Waals surface area contributed by atoms with Crippen molar-refractivity contribution in [1.29, 1.82) is 0 Å². The number of hydrogen-bond donors (Lipinski definition) is 7. The van der Waals surface area contributed by atoms with E-state index in [2.05, 4.69) is 0 Å². The number of rotatable bonds is 6. The minimum absolute atomic E-state index is 0.461. The predicted octanol–water partition coefficient (Wildman–Crippen LogP) is -4.82. The summed E-state index contributed by atoms with van der Waals surface area (Å²) >= 11 is 0. The molecule has 26 heavy (non-hydrogen) atoms. The van der Waals surface area contributed by atoms with Gasteiger partial charge in [-0.2, -0.15) is 0 Å². The summed E-state index contributed by atoms with van der Waals surface area (Å²) in [5.41, 5.74) is 0. The standard InChI is InChI=1S/C14H24O12/c1-5(17)23-3-7-8(18)10(20)11(21)13(24-7)26-14(4-16)12(22)9(19)6(2-15)25-14/h6-13,15-16,18-22H,2-4H2,1H3/t6-,7-,8-,9-,10+,11-,12+,13-,14+/m0/s1. The Labute approximate surface area is 148 Å². The van der Waals surface area contributed by atoms with Crippen LogP contribution in [0, 0.1) is 0 Å². The molecule has 0 saturated carbocycles. The quantitative estimate of drug-likeness (QED) is 0.216. The Morgan fingerprint density at radius 2 is 1.65 bits per heavy atom. The Balaban J connectivity index is 2.16. The zero-order valence-electron chi connectivity index (χ0n) is 13.9. The molecule has 12 heteroatoms. The minimum atomic E-state index is -2.26. The smallest absolute Gasteiger partial charge is 0.302 e. The van der Waals surface area contributed by atoms with Crippen LogP contribution in [0.15, 0.2) is 0 Å². The van der Waals surface area contributed by atoms with Crippen molar-refractivity contribution in [2.24, 2.45) is 0 Å². The van der Waals surface area contributed by atoms with Crippen molar-refractivity contribution >= 4 is 5.97 Å². The maximum absolute atomic E-state index is 10.9. The molecule has 2 fully saturated rings. The van der Waals surface area contributed by atoms with Crippen molar-refractivity contribution in [2.75, 3.05) is 19.8 Å². The zero-order chi connectivity index (χ0) is 19.6. The third kappa shape index (κ3) is 3.99. The SMILES string of the molecule is CC(=O)OC[C@@H]1O[C@@H](O[C@@]2(CO)O[C@@H](CO)[C@H](O)[C@H]2O)[C@@H](O)[C@H](O)[C@H]1O. The van der Waals surface area contributed by atoms with Gasteiger partial charge in [-0.05, 0) is 0 Å². The highest BCUT2D eigenvalue weighted by molar-refractivity contribution is 5.65. The van der Waals surface area contributed by atoms with Crippen molar-refractivity contribution in [3.8, 4) is 0 Å². The van der Waals surface area contributed by atoms with Crippen LogP contribution in [-0.4, -0.2) is 116 Å². The summed E-state index contributed by atoms with van der Waals surface area (Å²) in [6, 6.07) is 0. The van der Waals surface area contributed by atoms with E-state index in [-0.39, 0.29) is 0 Å². The lowest BCUT2D eigenvalue weighted by Gasteiger charge is -2.43. The van der Waals surface area contributed by atoms with Gasteiger partial charge in [0.2, 0.25) is 5.79 Å². The number of aliphatic hydroxyl groups is 7. The first kappa shape index (κ1) is 21.4. The van der Waals surface area contributed by atoms with Crippen molar-refractivity contribution in [3.63, 3.8) is 0 Å². The Hall–Kier alpha value is -0.930. The first-order chi connectivity index (χ1) is 12.2. The van der Waals surface area contributed by atoms with Gasteiger partial charge in [-0.3, -0.25) is 4.79 Å². The van der Waals surface area contributed by atoms with Crippen LogP contribution in [0.4, 0.5) is 0 Å². The average molecular weight is 384 g/mol. The summed E-state index contributed by atoms with van der Waals surface area (Å²) in [6.45, 7) is -1.01. The van der Waals surface area contributed by atoms with E-state index in [1.165, 1.54) is 0 Å². The first-order valence-electron chi connectivity index (χ1n) is 7.93. The highest BCUT2D eigenvalue weighted by Crippen LogP contribution is 2.35. The highest BCUT2D eigenvalue weighted by atomic mass is 16.8. The van der Waals surface area contributed by atoms with Crippen LogP contribution in [0.25, 0.3) is 0 Å². The molecule has 0 spiro atoms. The highest BCUT2D eigenvalue weighted by Gasteiger charge is 2.58. The fourth-order valence-corrected chi connectivity index (χ4v) is 2.82. The third-order valence-electron chi connectivity index (χ3n) is 4.34. The van der Waals surface area contributed by atoms with Crippen LogP contribution in [0.2, 0.25) is 0 Å². The summed E-state index contributed by atoms with van der Waals surface area (Å²) < 4.78 is 20.4. The van der Waals surface area contributed by atoms with Gasteiger partial charge in [0.15, 0.2) is 6.29 Å². The molecule has 0 amide bonds. The van der Waals surface area contributed by atoms with Crippen LogP contribution >= 0.6 is 0 Å².